The SMILES string of the molecule is Nc1ncnc2c1nc(N/N=C/c1cccc(O)c1)n2C1OC(CO)C(O)C1O. The number of ether oxygens (including phenoxy) is 1. The molecule has 4 unspecified atom stereocenters. The smallest absolute Gasteiger partial charge is 0.228 e. The third kappa shape index (κ3) is 3.45. The molecule has 0 bridgehead atoms. The van der Waals surface area contributed by atoms with Crippen LogP contribution in [0.5, 0.6) is 5.75 Å². The largest absolute Gasteiger partial charge is 0.508 e. The first kappa shape index (κ1) is 19.0. The van der Waals surface area contributed by atoms with Crippen molar-refractivity contribution >= 4 is 29.1 Å². The van der Waals surface area contributed by atoms with Gasteiger partial charge in [-0.2, -0.15) is 5.10 Å². The van der Waals surface area contributed by atoms with E-state index in [-0.39, 0.29) is 28.7 Å². The predicted octanol–water partition coefficient (Wildman–Crippen LogP) is -0.828. The van der Waals surface area contributed by atoms with Crippen LogP contribution in [0.15, 0.2) is 35.7 Å². The van der Waals surface area contributed by atoms with Crippen molar-refractivity contribution in [3.63, 3.8) is 0 Å². The van der Waals surface area contributed by atoms with Crippen molar-refractivity contribution in [3.8, 4) is 5.75 Å². The fourth-order valence-electron chi connectivity index (χ4n) is 3.11. The number of aliphatic hydroxyl groups is 3. The molecule has 1 saturated heterocycles. The van der Waals surface area contributed by atoms with E-state index in [4.69, 9.17) is 10.5 Å². The summed E-state index contributed by atoms with van der Waals surface area (Å²) in [5.74, 6) is 0.328. The normalized spacial score (nSPS) is 24.5. The number of hydrogen-bond acceptors (Lipinski definition) is 11. The summed E-state index contributed by atoms with van der Waals surface area (Å²) in [7, 11) is 0. The van der Waals surface area contributed by atoms with Gasteiger partial charge in [-0.15, -0.1) is 0 Å². The molecule has 1 aliphatic rings. The van der Waals surface area contributed by atoms with E-state index in [1.807, 2.05) is 0 Å². The van der Waals surface area contributed by atoms with Crippen LogP contribution in [-0.2, 0) is 4.74 Å². The molecule has 7 N–H and O–H groups in total. The summed E-state index contributed by atoms with van der Waals surface area (Å²) in [6.45, 7) is -0.475. The first-order valence-corrected chi connectivity index (χ1v) is 8.68. The van der Waals surface area contributed by atoms with E-state index < -0.39 is 31.1 Å². The van der Waals surface area contributed by atoms with Crippen LogP contribution in [-0.4, -0.2) is 71.1 Å². The van der Waals surface area contributed by atoms with E-state index in [2.05, 4.69) is 25.5 Å². The van der Waals surface area contributed by atoms with Gasteiger partial charge in [-0.3, -0.25) is 4.57 Å². The maximum atomic E-state index is 10.4. The minimum atomic E-state index is -1.35. The number of fused-ring (bicyclic) bond motifs is 1. The molecular weight excluding hydrogens is 382 g/mol. The number of phenols is 1. The summed E-state index contributed by atoms with van der Waals surface area (Å²) in [6, 6.07) is 6.46. The van der Waals surface area contributed by atoms with Crippen molar-refractivity contribution in [2.45, 2.75) is 24.5 Å². The molecule has 0 saturated carbocycles. The van der Waals surface area contributed by atoms with Crippen molar-refractivity contribution in [1.29, 1.82) is 0 Å². The molecule has 4 rings (SSSR count). The zero-order valence-electron chi connectivity index (χ0n) is 15.0. The van der Waals surface area contributed by atoms with E-state index >= 15 is 0 Å². The predicted molar refractivity (Wildman–Crippen MR) is 102 cm³/mol. The van der Waals surface area contributed by atoms with Crippen LogP contribution in [0.25, 0.3) is 11.2 Å². The molecule has 2 aromatic heterocycles. The Labute approximate surface area is 163 Å². The molecule has 1 aromatic carbocycles. The summed E-state index contributed by atoms with van der Waals surface area (Å²) in [6.07, 6.45) is -2.04. The van der Waals surface area contributed by atoms with E-state index in [9.17, 15) is 20.4 Å². The number of benzene rings is 1. The lowest BCUT2D eigenvalue weighted by atomic mass is 10.1. The van der Waals surface area contributed by atoms with E-state index in [1.54, 1.807) is 12.1 Å². The molecule has 4 atom stereocenters. The number of imidazole rings is 1. The standard InChI is InChI=1S/C17H19N7O5/c18-14-11-15(20-7-19-14)24(16-13(28)12(27)10(6-25)29-16)17(22-11)23-21-5-8-2-1-3-9(26)4-8/h1-5,7,10,12-13,16,25-28H,6H2,(H,22,23)(H2,18,19,20)/b21-5+. The van der Waals surface area contributed by atoms with Gasteiger partial charge in [0.1, 0.15) is 30.4 Å². The first-order valence-electron chi connectivity index (χ1n) is 8.68. The first-order chi connectivity index (χ1) is 14.0. The highest BCUT2D eigenvalue weighted by atomic mass is 16.6. The Morgan fingerprint density at radius 3 is 2.83 bits per heavy atom. The number of aromatic hydroxyl groups is 1. The lowest BCUT2D eigenvalue weighted by molar-refractivity contribution is -0.0501. The van der Waals surface area contributed by atoms with Crippen LogP contribution in [0, 0.1) is 0 Å². The number of aromatic nitrogens is 4. The number of aliphatic hydroxyl groups excluding tert-OH is 3. The van der Waals surface area contributed by atoms with Gasteiger partial charge >= 0.3 is 0 Å². The molecule has 1 aliphatic heterocycles. The number of nitrogens with two attached hydrogens (primary N) is 1. The Morgan fingerprint density at radius 1 is 1.28 bits per heavy atom. The molecule has 29 heavy (non-hydrogen) atoms. The summed E-state index contributed by atoms with van der Waals surface area (Å²) < 4.78 is 6.98. The van der Waals surface area contributed by atoms with Crippen LogP contribution in [0.1, 0.15) is 11.8 Å². The van der Waals surface area contributed by atoms with Gasteiger partial charge in [-0.1, -0.05) is 12.1 Å². The van der Waals surface area contributed by atoms with Crippen LogP contribution < -0.4 is 11.2 Å². The number of rotatable bonds is 5. The van der Waals surface area contributed by atoms with Gasteiger partial charge in [-0.05, 0) is 17.7 Å². The third-order valence-electron chi connectivity index (χ3n) is 4.53. The lowest BCUT2D eigenvalue weighted by Crippen LogP contribution is -2.33. The van der Waals surface area contributed by atoms with Crippen molar-refractivity contribution in [3.05, 3.63) is 36.2 Å². The number of anilines is 2. The van der Waals surface area contributed by atoms with Gasteiger partial charge in [0.15, 0.2) is 23.2 Å². The van der Waals surface area contributed by atoms with Crippen LogP contribution in [0.3, 0.4) is 0 Å². The third-order valence-corrected chi connectivity index (χ3v) is 4.53. The number of hydrogen-bond donors (Lipinski definition) is 6. The number of nitrogens with zero attached hydrogens (tertiary/aromatic N) is 5. The Kier molecular flexibility index (Phi) is 4.98. The van der Waals surface area contributed by atoms with Crippen LogP contribution in [0.4, 0.5) is 11.8 Å². The highest BCUT2D eigenvalue weighted by Gasteiger charge is 2.45. The molecule has 0 aliphatic carbocycles. The fourth-order valence-corrected chi connectivity index (χ4v) is 3.11. The van der Waals surface area contributed by atoms with Crippen LogP contribution >= 0.6 is 0 Å². The lowest BCUT2D eigenvalue weighted by Gasteiger charge is -2.18. The van der Waals surface area contributed by atoms with Gasteiger partial charge in [0.2, 0.25) is 5.95 Å². The Balaban J connectivity index is 1.72. The van der Waals surface area contributed by atoms with Gasteiger partial charge in [0, 0.05) is 0 Å². The second-order valence-corrected chi connectivity index (χ2v) is 6.43. The molecule has 3 heterocycles. The van der Waals surface area contributed by atoms with Crippen molar-refractivity contribution in [2.75, 3.05) is 17.8 Å². The molecule has 1 fully saturated rings. The maximum absolute atomic E-state index is 10.4. The molecular formula is C17H19N7O5. The average molecular weight is 401 g/mol. The highest BCUT2D eigenvalue weighted by Crippen LogP contribution is 2.35. The molecule has 12 heteroatoms. The zero-order valence-corrected chi connectivity index (χ0v) is 15.0. The van der Waals surface area contributed by atoms with Gasteiger partial charge < -0.3 is 30.9 Å². The number of nitrogen functional groups attached to an aromatic ring is 1. The topological polar surface area (TPSA) is 184 Å². The maximum Gasteiger partial charge on any atom is 0.228 e. The summed E-state index contributed by atoms with van der Waals surface area (Å²) in [4.78, 5) is 12.4. The number of hydrazone groups is 1. The Morgan fingerprint density at radius 2 is 2.10 bits per heavy atom. The molecule has 12 nitrogen and oxygen atoms in total. The van der Waals surface area contributed by atoms with Gasteiger partial charge in [-0.25, -0.2) is 20.4 Å². The fraction of sp³-hybridized carbons (Fsp3) is 0.294. The zero-order chi connectivity index (χ0) is 20.5. The van der Waals surface area contributed by atoms with Crippen molar-refractivity contribution in [1.82, 2.24) is 19.5 Å². The summed E-state index contributed by atoms with van der Waals surface area (Å²) in [5, 5.41) is 43.5. The van der Waals surface area contributed by atoms with Crippen molar-refractivity contribution in [2.24, 2.45) is 5.10 Å². The van der Waals surface area contributed by atoms with Crippen molar-refractivity contribution < 1.29 is 25.2 Å². The van der Waals surface area contributed by atoms with Crippen LogP contribution in [0.2, 0.25) is 0 Å². The van der Waals surface area contributed by atoms with E-state index in [1.165, 1.54) is 29.2 Å². The summed E-state index contributed by atoms with van der Waals surface area (Å²) in [5.41, 5.74) is 9.73. The summed E-state index contributed by atoms with van der Waals surface area (Å²) >= 11 is 0. The Bertz CT molecular complexity index is 1060. The minimum absolute atomic E-state index is 0.0933. The molecule has 3 aromatic rings. The van der Waals surface area contributed by atoms with Gasteiger partial charge in [0.25, 0.3) is 0 Å². The van der Waals surface area contributed by atoms with E-state index in [0.717, 1.165) is 0 Å². The second kappa shape index (κ2) is 7.60. The highest BCUT2D eigenvalue weighted by molar-refractivity contribution is 5.84. The number of nitrogens with one attached hydrogen (secondary N) is 1. The Hall–Kier alpha value is -3.32. The monoisotopic (exact) mass is 401 g/mol. The van der Waals surface area contributed by atoms with Gasteiger partial charge in [0.05, 0.1) is 12.8 Å². The van der Waals surface area contributed by atoms with E-state index in [0.29, 0.717) is 5.56 Å². The minimum Gasteiger partial charge on any atom is -0.508 e. The molecule has 0 amide bonds. The second-order valence-electron chi connectivity index (χ2n) is 6.43. The molecule has 0 radical (unpaired) electrons. The quantitative estimate of drug-likeness (QED) is 0.233. The average Bonchev–Trinajstić information content (AvgIpc) is 3.20. The number of phenolic OH excluding ortho intramolecular Hbond substituents is 1. The molecule has 152 valence electrons. The molecule has 0 spiro atoms.